The van der Waals surface area contributed by atoms with Crippen LogP contribution in [-0.4, -0.2) is 0 Å². The Balaban J connectivity index is 0.00000220. The predicted octanol–water partition coefficient (Wildman–Crippen LogP) is 3.14. The van der Waals surface area contributed by atoms with Gasteiger partial charge in [0.1, 0.15) is 0 Å². The Kier molecular flexibility index (Phi) is 7.09. The van der Waals surface area contributed by atoms with Crippen LogP contribution in [0, 0.1) is 0 Å². The summed E-state index contributed by atoms with van der Waals surface area (Å²) in [6.07, 6.45) is 0. The number of para-hydroxylation sites is 1. The molecule has 0 fully saturated rings. The van der Waals surface area contributed by atoms with Gasteiger partial charge in [0.25, 0.3) is 0 Å². The van der Waals surface area contributed by atoms with Gasteiger partial charge >= 0.3 is 18.9 Å². The maximum atomic E-state index is 4.92. The molecular formula is C19H24LiN. The third-order valence-corrected chi connectivity index (χ3v) is 3.61. The molecular weight excluding hydrogens is 249 g/mol. The maximum Gasteiger partial charge on any atom is 1.00 e. The molecule has 0 radical (unpaired) electrons. The molecule has 0 atom stereocenters. The van der Waals surface area contributed by atoms with Crippen LogP contribution in [0.3, 0.4) is 0 Å². The monoisotopic (exact) mass is 273 g/mol. The zero-order valence-electron chi connectivity index (χ0n) is 13.9. The molecule has 2 aromatic rings. The van der Waals surface area contributed by atoms with Gasteiger partial charge in [0.15, 0.2) is 0 Å². The van der Waals surface area contributed by atoms with E-state index in [0.717, 1.165) is 6.54 Å². The van der Waals surface area contributed by atoms with Gasteiger partial charge in [-0.1, -0.05) is 92.9 Å². The van der Waals surface area contributed by atoms with Gasteiger partial charge in [-0.25, -0.2) is 0 Å². The molecule has 0 saturated heterocycles. The van der Waals surface area contributed by atoms with Crippen LogP contribution in [0.15, 0.2) is 48.5 Å². The summed E-state index contributed by atoms with van der Waals surface area (Å²) in [6, 6.07) is 17.0. The van der Waals surface area contributed by atoms with Crippen molar-refractivity contribution in [3.63, 3.8) is 0 Å². The van der Waals surface area contributed by atoms with Crippen molar-refractivity contribution >= 4 is 5.69 Å². The number of hydrogen-bond acceptors (Lipinski definition) is 0. The third-order valence-electron chi connectivity index (χ3n) is 3.61. The second kappa shape index (κ2) is 8.32. The van der Waals surface area contributed by atoms with E-state index in [1.165, 1.54) is 22.4 Å². The Morgan fingerprint density at radius 1 is 0.762 bits per heavy atom. The van der Waals surface area contributed by atoms with Crippen molar-refractivity contribution in [3.05, 3.63) is 70.5 Å². The van der Waals surface area contributed by atoms with Crippen LogP contribution in [0.2, 0.25) is 0 Å². The van der Waals surface area contributed by atoms with Crippen molar-refractivity contribution in [1.82, 2.24) is 0 Å². The van der Waals surface area contributed by atoms with Crippen molar-refractivity contribution in [2.24, 2.45) is 0 Å². The maximum absolute atomic E-state index is 4.92. The Morgan fingerprint density at radius 2 is 1.29 bits per heavy atom. The number of rotatable bonds is 5. The topological polar surface area (TPSA) is 14.1 Å². The summed E-state index contributed by atoms with van der Waals surface area (Å²) in [4.78, 5) is 0. The van der Waals surface area contributed by atoms with Crippen molar-refractivity contribution in [3.8, 4) is 0 Å². The van der Waals surface area contributed by atoms with Gasteiger partial charge in [0.05, 0.1) is 0 Å². The Bertz CT molecular complexity index is 520. The van der Waals surface area contributed by atoms with Crippen molar-refractivity contribution in [1.29, 1.82) is 0 Å². The number of benzene rings is 2. The van der Waals surface area contributed by atoms with Crippen molar-refractivity contribution in [2.75, 3.05) is 0 Å². The second-order valence-electron chi connectivity index (χ2n) is 5.90. The van der Waals surface area contributed by atoms with Crippen molar-refractivity contribution in [2.45, 2.75) is 46.1 Å². The van der Waals surface area contributed by atoms with Gasteiger partial charge in [-0.05, 0) is 11.8 Å². The first-order valence-electron chi connectivity index (χ1n) is 7.43. The Labute approximate surface area is 141 Å². The predicted molar refractivity (Wildman–Crippen MR) is 87.8 cm³/mol. The summed E-state index contributed by atoms with van der Waals surface area (Å²) in [5, 5.41) is 4.92. The van der Waals surface area contributed by atoms with Crippen LogP contribution in [0.1, 0.15) is 56.2 Å². The molecule has 0 aliphatic carbocycles. The fourth-order valence-corrected chi connectivity index (χ4v) is 2.45. The minimum absolute atomic E-state index is 0. The van der Waals surface area contributed by atoms with E-state index in [9.17, 15) is 0 Å². The molecule has 21 heavy (non-hydrogen) atoms. The molecule has 106 valence electrons. The Hall–Kier alpha value is -1.16. The summed E-state index contributed by atoms with van der Waals surface area (Å²) >= 11 is 0. The van der Waals surface area contributed by atoms with E-state index in [-0.39, 0.29) is 18.9 Å². The normalized spacial score (nSPS) is 10.6. The van der Waals surface area contributed by atoms with E-state index >= 15 is 0 Å². The molecule has 2 heteroatoms. The molecule has 0 saturated carbocycles. The molecule has 0 aromatic heterocycles. The summed E-state index contributed by atoms with van der Waals surface area (Å²) in [7, 11) is 0. The second-order valence-corrected chi connectivity index (χ2v) is 5.90. The zero-order valence-corrected chi connectivity index (χ0v) is 13.9. The first-order valence-corrected chi connectivity index (χ1v) is 7.43. The fraction of sp³-hybridized carbons (Fsp3) is 0.368. The molecule has 0 heterocycles. The SMILES string of the molecule is CC(C)c1cccc(C(C)C)c1[N-]Cc1ccccc1.[Li+]. The molecule has 2 rings (SSSR count). The molecule has 0 bridgehead atoms. The van der Waals surface area contributed by atoms with Gasteiger partial charge < -0.3 is 5.32 Å². The average molecular weight is 273 g/mol. The number of nitrogens with zero attached hydrogens (tertiary/aromatic N) is 1. The van der Waals surface area contributed by atoms with Gasteiger partial charge in [-0.3, -0.25) is 0 Å². The first kappa shape index (κ1) is 17.9. The van der Waals surface area contributed by atoms with E-state index in [2.05, 4.69) is 70.2 Å². The molecule has 0 unspecified atom stereocenters. The molecule has 0 aliphatic rings. The van der Waals surface area contributed by atoms with Crippen LogP contribution in [0.4, 0.5) is 5.69 Å². The van der Waals surface area contributed by atoms with E-state index in [0.29, 0.717) is 11.8 Å². The third kappa shape index (κ3) is 4.66. The fourth-order valence-electron chi connectivity index (χ4n) is 2.45. The average Bonchev–Trinajstić information content (AvgIpc) is 2.45. The summed E-state index contributed by atoms with van der Waals surface area (Å²) in [5.41, 5.74) is 5.17. The summed E-state index contributed by atoms with van der Waals surface area (Å²) in [6.45, 7) is 9.70. The standard InChI is InChI=1S/C19H24N.Li/c1-14(2)17-11-8-12-18(15(3)4)19(17)20-13-16-9-6-5-7-10-16;/h5-12,14-15H,13H2,1-4H3;/q-1;+1. The van der Waals surface area contributed by atoms with E-state index in [1.807, 2.05) is 6.07 Å². The van der Waals surface area contributed by atoms with E-state index < -0.39 is 0 Å². The van der Waals surface area contributed by atoms with Crippen LogP contribution in [0.25, 0.3) is 5.32 Å². The van der Waals surface area contributed by atoms with Crippen molar-refractivity contribution < 1.29 is 18.9 Å². The minimum Gasteiger partial charge on any atom is -0.680 e. The summed E-state index contributed by atoms with van der Waals surface area (Å²) in [5.74, 6) is 1.01. The van der Waals surface area contributed by atoms with Gasteiger partial charge in [-0.2, -0.15) is 0 Å². The molecule has 0 amide bonds. The first-order chi connectivity index (χ1) is 9.59. The Morgan fingerprint density at radius 3 is 1.76 bits per heavy atom. The molecule has 2 aromatic carbocycles. The molecule has 0 aliphatic heterocycles. The quantitative estimate of drug-likeness (QED) is 0.743. The zero-order chi connectivity index (χ0) is 14.5. The van der Waals surface area contributed by atoms with E-state index in [4.69, 9.17) is 5.32 Å². The van der Waals surface area contributed by atoms with Gasteiger partial charge in [0, 0.05) is 0 Å². The van der Waals surface area contributed by atoms with Crippen LogP contribution in [-0.2, 0) is 6.54 Å². The van der Waals surface area contributed by atoms with E-state index in [1.54, 1.807) is 0 Å². The molecule has 1 nitrogen and oxygen atoms in total. The summed E-state index contributed by atoms with van der Waals surface area (Å²) < 4.78 is 0. The number of hydrogen-bond donors (Lipinski definition) is 0. The van der Waals surface area contributed by atoms with Gasteiger partial charge in [0.2, 0.25) is 0 Å². The van der Waals surface area contributed by atoms with Crippen LogP contribution >= 0.6 is 0 Å². The smallest absolute Gasteiger partial charge is 0.680 e. The van der Waals surface area contributed by atoms with Crippen LogP contribution < -0.4 is 18.9 Å². The largest absolute Gasteiger partial charge is 1.00 e. The minimum atomic E-state index is 0. The van der Waals surface area contributed by atoms with Gasteiger partial charge in [-0.15, -0.1) is 12.2 Å². The molecule has 0 spiro atoms. The van der Waals surface area contributed by atoms with Crippen LogP contribution in [0.5, 0.6) is 0 Å². The molecule has 0 N–H and O–H groups in total.